The van der Waals surface area contributed by atoms with Crippen LogP contribution in [0.3, 0.4) is 0 Å². The first-order valence-electron chi connectivity index (χ1n) is 23.6. The quantitative estimate of drug-likeness (QED) is 0.0598. The third kappa shape index (κ3) is 10.3. The summed E-state index contributed by atoms with van der Waals surface area (Å²) in [5.41, 5.74) is 6.36. The third-order valence-electron chi connectivity index (χ3n) is 14.6. The molecule has 0 saturated carbocycles. The Bertz CT molecular complexity index is 2780. The number of benzene rings is 2. The molecule has 8 rings (SSSR count). The summed E-state index contributed by atoms with van der Waals surface area (Å²) < 4.78 is 30.7. The van der Waals surface area contributed by atoms with Crippen molar-refractivity contribution in [3.63, 3.8) is 0 Å². The number of ether oxygens (including phenoxy) is 3. The second kappa shape index (κ2) is 20.4. The molecule has 12 nitrogen and oxygen atoms in total. The summed E-state index contributed by atoms with van der Waals surface area (Å²) in [6, 6.07) is 40.0. The first-order chi connectivity index (χ1) is 33.1. The molecule has 5 aromatic heterocycles. The van der Waals surface area contributed by atoms with Crippen molar-refractivity contribution in [2.75, 3.05) is 7.11 Å². The van der Waals surface area contributed by atoms with Crippen molar-refractivity contribution >= 4 is 18.6 Å². The number of aromatic nitrogens is 6. The summed E-state index contributed by atoms with van der Waals surface area (Å²) in [6.07, 6.45) is 8.66. The van der Waals surface area contributed by atoms with Crippen LogP contribution >= 0.6 is 0 Å². The van der Waals surface area contributed by atoms with E-state index in [4.69, 9.17) is 33.5 Å². The van der Waals surface area contributed by atoms with E-state index in [-0.39, 0.29) is 22.9 Å². The van der Waals surface area contributed by atoms with Gasteiger partial charge in [0.25, 0.3) is 0 Å². The molecule has 2 aromatic carbocycles. The molecule has 6 heterocycles. The molecule has 0 spiro atoms. The van der Waals surface area contributed by atoms with Crippen molar-refractivity contribution in [1.82, 2.24) is 30.1 Å². The fourth-order valence-corrected chi connectivity index (χ4v) is 9.03. The minimum absolute atomic E-state index is 0.0913. The molecular weight excluding hydrogens is 863 g/mol. The van der Waals surface area contributed by atoms with Crippen LogP contribution in [-0.2, 0) is 38.1 Å². The second-order valence-corrected chi connectivity index (χ2v) is 19.3. The monoisotopic (exact) mass is 924 g/mol. The van der Waals surface area contributed by atoms with E-state index in [1.807, 2.05) is 60.7 Å². The first-order valence-corrected chi connectivity index (χ1v) is 23.6. The van der Waals surface area contributed by atoms with E-state index >= 15 is 0 Å². The van der Waals surface area contributed by atoms with Crippen molar-refractivity contribution in [2.45, 2.75) is 103 Å². The lowest BCUT2D eigenvalue weighted by molar-refractivity contribution is -0.0207. The predicted octanol–water partition coefficient (Wildman–Crippen LogP) is 10.3. The largest absolute Gasteiger partial charge is 0.494 e. The van der Waals surface area contributed by atoms with Crippen LogP contribution in [0.5, 0.6) is 11.5 Å². The summed E-state index contributed by atoms with van der Waals surface area (Å²) in [6.45, 7) is 18.4. The van der Waals surface area contributed by atoms with Crippen molar-refractivity contribution in [3.8, 4) is 22.8 Å². The van der Waals surface area contributed by atoms with Gasteiger partial charge >= 0.3 is 13.1 Å². The maximum Gasteiger partial charge on any atom is 0.494 e. The lowest BCUT2D eigenvalue weighted by atomic mass is 9.67. The molecule has 0 N–H and O–H groups in total. The summed E-state index contributed by atoms with van der Waals surface area (Å²) in [5, 5.41) is 8.40. The summed E-state index contributed by atoms with van der Waals surface area (Å²) in [4.78, 5) is 30.7. The van der Waals surface area contributed by atoms with Gasteiger partial charge in [-0.25, -0.2) is 4.79 Å². The lowest BCUT2D eigenvalue weighted by Gasteiger charge is -2.41. The molecular formula is C56H61BN6O6. The lowest BCUT2D eigenvalue weighted by Crippen LogP contribution is -2.45. The Kier molecular flexibility index (Phi) is 14.4. The molecule has 7 aromatic rings. The molecule has 0 aliphatic carbocycles. The molecule has 1 aliphatic rings. The molecule has 1 aliphatic heterocycles. The number of pyridine rings is 4. The van der Waals surface area contributed by atoms with Crippen LogP contribution in [0, 0.1) is 11.8 Å². The average Bonchev–Trinajstić information content (AvgIpc) is 3.64. The van der Waals surface area contributed by atoms with Crippen molar-refractivity contribution < 1.29 is 28.3 Å². The molecule has 354 valence electrons. The highest BCUT2D eigenvalue weighted by atomic mass is 16.7. The fourth-order valence-electron chi connectivity index (χ4n) is 9.03. The molecule has 0 radical (unpaired) electrons. The number of hydrogen-bond acceptors (Lipinski definition) is 12. The minimum Gasteiger partial charge on any atom is -0.486 e. The normalized spacial score (nSPS) is 17.7. The van der Waals surface area contributed by atoms with Crippen LogP contribution in [0.15, 0.2) is 146 Å². The maximum absolute atomic E-state index is 12.0. The highest BCUT2D eigenvalue weighted by molar-refractivity contribution is 6.62. The molecule has 4 atom stereocenters. The van der Waals surface area contributed by atoms with Crippen molar-refractivity contribution in [2.24, 2.45) is 11.8 Å². The van der Waals surface area contributed by atoms with E-state index in [0.717, 1.165) is 57.8 Å². The van der Waals surface area contributed by atoms with E-state index in [1.165, 1.54) is 7.11 Å². The molecule has 13 heteroatoms. The smallest absolute Gasteiger partial charge is 0.486 e. The SMILES string of the molecule is COC(=O)c1ccc(-c2ccc(C(C)(c3ccc(OCc4ccccn4)cn3)C(C)CCC3(C)OB(c4ccc(C(C)(c5ccc(OCc6ccccn6)cn5)C(C)C)cc4)OC3(C)C)cc2)nn1. The zero-order valence-electron chi connectivity index (χ0n) is 41.0. The van der Waals surface area contributed by atoms with Gasteiger partial charge in [0.05, 0.1) is 59.2 Å². The summed E-state index contributed by atoms with van der Waals surface area (Å²) >= 11 is 0. The van der Waals surface area contributed by atoms with Gasteiger partial charge in [-0.3, -0.25) is 19.9 Å². The van der Waals surface area contributed by atoms with E-state index < -0.39 is 29.7 Å². The Morgan fingerprint density at radius 3 is 1.71 bits per heavy atom. The average molecular weight is 925 g/mol. The third-order valence-corrected chi connectivity index (χ3v) is 14.6. The van der Waals surface area contributed by atoms with Gasteiger partial charge in [-0.1, -0.05) is 81.4 Å². The van der Waals surface area contributed by atoms with Crippen molar-refractivity contribution in [3.05, 3.63) is 186 Å². The number of esters is 1. The number of carbonyl (C=O) groups excluding carboxylic acids is 1. The number of methoxy groups -OCH3 is 1. The highest BCUT2D eigenvalue weighted by Gasteiger charge is 2.55. The second-order valence-electron chi connectivity index (χ2n) is 19.3. The highest BCUT2D eigenvalue weighted by Crippen LogP contribution is 2.46. The van der Waals surface area contributed by atoms with Crippen molar-refractivity contribution in [1.29, 1.82) is 0 Å². The number of hydrogen-bond donors (Lipinski definition) is 0. The minimum atomic E-state index is -0.613. The standard InChI is InChI=1S/C56H61BN6O6/c1-38(2)55(7,50-28-24-46(34-60-50)66-36-44-14-10-12-32-58-44)41-20-22-43(23-21-41)57-68-53(4,5)54(6,69-57)31-30-39(3)56(8,51-29-25-47(35-61-51)67-37-45-15-11-13-33-59-45)42-18-16-40(17-19-42)48-26-27-49(63-62-48)52(64)65-9/h10-29,32-35,38-39H,30-31,36-37H2,1-9H3. The number of rotatable bonds is 18. The van der Waals surface area contributed by atoms with Gasteiger partial charge in [-0.15, -0.1) is 10.2 Å². The Hall–Kier alpha value is -6.83. The zero-order valence-corrected chi connectivity index (χ0v) is 41.0. The molecule has 0 amide bonds. The van der Waals surface area contributed by atoms with Crippen LogP contribution in [0.1, 0.15) is 113 Å². The van der Waals surface area contributed by atoms with Crippen LogP contribution in [0.2, 0.25) is 0 Å². The summed E-state index contributed by atoms with van der Waals surface area (Å²) in [7, 11) is 0.779. The topological polar surface area (TPSA) is 141 Å². The maximum atomic E-state index is 12.0. The van der Waals surface area contributed by atoms with E-state index in [2.05, 4.69) is 124 Å². The Balaban J connectivity index is 0.990. The van der Waals surface area contributed by atoms with Crippen LogP contribution in [0.4, 0.5) is 0 Å². The Morgan fingerprint density at radius 1 is 0.652 bits per heavy atom. The van der Waals surface area contributed by atoms with E-state index in [0.29, 0.717) is 30.4 Å². The van der Waals surface area contributed by atoms with Gasteiger partial charge in [0.1, 0.15) is 24.7 Å². The van der Waals surface area contributed by atoms with Gasteiger partial charge in [-0.2, -0.15) is 0 Å². The molecule has 1 fully saturated rings. The van der Waals surface area contributed by atoms with Crippen LogP contribution in [0.25, 0.3) is 11.3 Å². The number of nitrogens with zero attached hydrogens (tertiary/aromatic N) is 6. The molecule has 1 saturated heterocycles. The fraction of sp³-hybridized carbons (Fsp3) is 0.339. The van der Waals surface area contributed by atoms with Gasteiger partial charge in [-0.05, 0) is 137 Å². The number of carbonyl (C=O) groups is 1. The van der Waals surface area contributed by atoms with Gasteiger partial charge < -0.3 is 23.5 Å². The summed E-state index contributed by atoms with van der Waals surface area (Å²) in [5.74, 6) is 1.18. The zero-order chi connectivity index (χ0) is 48.8. The van der Waals surface area contributed by atoms with Crippen LogP contribution < -0.4 is 14.9 Å². The van der Waals surface area contributed by atoms with E-state index in [1.54, 1.807) is 36.9 Å². The Labute approximate surface area is 406 Å². The molecule has 0 bridgehead atoms. The van der Waals surface area contributed by atoms with Crippen LogP contribution in [-0.4, -0.2) is 61.5 Å². The van der Waals surface area contributed by atoms with Gasteiger partial charge in [0, 0.05) is 28.8 Å². The first kappa shape index (κ1) is 48.6. The Morgan fingerprint density at radius 2 is 1.22 bits per heavy atom. The molecule has 69 heavy (non-hydrogen) atoms. The molecule has 4 unspecified atom stereocenters. The van der Waals surface area contributed by atoms with E-state index in [9.17, 15) is 4.79 Å². The predicted molar refractivity (Wildman–Crippen MR) is 267 cm³/mol. The van der Waals surface area contributed by atoms with Gasteiger partial charge in [0.15, 0.2) is 5.69 Å². The van der Waals surface area contributed by atoms with Gasteiger partial charge in [0.2, 0.25) is 0 Å².